The van der Waals surface area contributed by atoms with E-state index in [1.165, 1.54) is 0 Å². The number of benzene rings is 3. The highest BCUT2D eigenvalue weighted by Gasteiger charge is 2.35. The molecule has 3 aromatic rings. The maximum absolute atomic E-state index is 13.1. The van der Waals surface area contributed by atoms with Gasteiger partial charge in [0.15, 0.2) is 5.78 Å². The largest absolute Gasteiger partial charge is 0.496 e. The van der Waals surface area contributed by atoms with Crippen molar-refractivity contribution in [2.24, 2.45) is 0 Å². The van der Waals surface area contributed by atoms with Crippen LogP contribution in [0, 0.1) is 0 Å². The Hall–Kier alpha value is -3.13. The third-order valence-electron chi connectivity index (χ3n) is 4.67. The van der Waals surface area contributed by atoms with Gasteiger partial charge in [0.25, 0.3) is 0 Å². The second-order valence-corrected chi connectivity index (χ2v) is 6.10. The maximum Gasteiger partial charge on any atom is 0.190 e. The van der Waals surface area contributed by atoms with Gasteiger partial charge >= 0.3 is 0 Å². The summed E-state index contributed by atoms with van der Waals surface area (Å²) >= 11 is 0. The van der Waals surface area contributed by atoms with Crippen LogP contribution < -0.4 is 4.74 Å². The van der Waals surface area contributed by atoms with E-state index in [2.05, 4.69) is 12.1 Å². The smallest absolute Gasteiger partial charge is 0.190 e. The Morgan fingerprint density at radius 2 is 1.52 bits per heavy atom. The molecular formula is C23H18O2. The lowest BCUT2D eigenvalue weighted by molar-refractivity contribution is 0.103. The number of para-hydroxylation sites is 1. The molecule has 3 aromatic carbocycles. The van der Waals surface area contributed by atoms with E-state index in [4.69, 9.17) is 4.74 Å². The number of hydrogen-bond donors (Lipinski definition) is 0. The van der Waals surface area contributed by atoms with Gasteiger partial charge in [-0.2, -0.15) is 0 Å². The van der Waals surface area contributed by atoms with Gasteiger partial charge in [0.2, 0.25) is 0 Å². The van der Waals surface area contributed by atoms with Crippen LogP contribution in [0.1, 0.15) is 33.0 Å². The van der Waals surface area contributed by atoms with Crippen LogP contribution in [0.25, 0.3) is 6.08 Å². The third kappa shape index (κ3) is 2.66. The zero-order chi connectivity index (χ0) is 17.2. The predicted molar refractivity (Wildman–Crippen MR) is 100 cm³/mol. The van der Waals surface area contributed by atoms with Crippen molar-refractivity contribution in [3.63, 3.8) is 0 Å². The van der Waals surface area contributed by atoms with Crippen LogP contribution in [0.3, 0.4) is 0 Å². The van der Waals surface area contributed by atoms with Crippen LogP contribution in [0.4, 0.5) is 0 Å². The Balaban J connectivity index is 1.91. The lowest BCUT2D eigenvalue weighted by Gasteiger charge is -2.14. The summed E-state index contributed by atoms with van der Waals surface area (Å²) in [5, 5.41) is 0. The molecule has 0 radical (unpaired) electrons. The monoisotopic (exact) mass is 326 g/mol. The summed E-state index contributed by atoms with van der Waals surface area (Å²) in [5.74, 6) is 0.815. The Kier molecular flexibility index (Phi) is 3.95. The van der Waals surface area contributed by atoms with E-state index in [1.807, 2.05) is 72.8 Å². The van der Waals surface area contributed by atoms with Crippen molar-refractivity contribution in [2.75, 3.05) is 7.11 Å². The molecule has 0 heterocycles. The molecule has 4 rings (SSSR count). The number of Topliss-reactive ketones (excluding diaryl/α,β-unsaturated/α-hetero) is 1. The standard InChI is InChI=1S/C23H18O2/c1-25-21-14-8-5-11-17(21)15-20-22(16-9-3-2-4-10-16)18-12-6-7-13-19(18)23(20)24/h2-15,22H,1H3/b20-15+/t22-/m0/s1. The van der Waals surface area contributed by atoms with Gasteiger partial charge < -0.3 is 4.74 Å². The van der Waals surface area contributed by atoms with Gasteiger partial charge in [0.1, 0.15) is 5.75 Å². The molecule has 0 bridgehead atoms. The Morgan fingerprint density at radius 1 is 0.840 bits per heavy atom. The number of hydrogen-bond acceptors (Lipinski definition) is 2. The summed E-state index contributed by atoms with van der Waals surface area (Å²) in [4.78, 5) is 13.1. The Morgan fingerprint density at radius 3 is 2.32 bits per heavy atom. The minimum atomic E-state index is -0.0465. The molecule has 25 heavy (non-hydrogen) atoms. The normalized spacial score (nSPS) is 17.6. The number of rotatable bonds is 3. The molecule has 0 unspecified atom stereocenters. The average molecular weight is 326 g/mol. The molecule has 0 aliphatic heterocycles. The molecule has 0 amide bonds. The second kappa shape index (κ2) is 6.40. The number of carbonyl (C=O) groups excluding carboxylic acids is 1. The molecule has 0 N–H and O–H groups in total. The van der Waals surface area contributed by atoms with Gasteiger partial charge in [-0.15, -0.1) is 0 Å². The minimum absolute atomic E-state index is 0.0465. The van der Waals surface area contributed by atoms with Crippen LogP contribution >= 0.6 is 0 Å². The number of allylic oxidation sites excluding steroid dienone is 1. The molecule has 0 saturated heterocycles. The number of methoxy groups -OCH3 is 1. The molecule has 1 aliphatic carbocycles. The third-order valence-corrected chi connectivity index (χ3v) is 4.67. The van der Waals surface area contributed by atoms with Crippen molar-refractivity contribution in [3.05, 3.63) is 107 Å². The molecule has 0 aromatic heterocycles. The number of fused-ring (bicyclic) bond motifs is 1. The van der Waals surface area contributed by atoms with Gasteiger partial charge in [0, 0.05) is 22.6 Å². The molecule has 0 spiro atoms. The van der Waals surface area contributed by atoms with Crippen molar-refractivity contribution in [2.45, 2.75) is 5.92 Å². The lowest BCUT2D eigenvalue weighted by Crippen LogP contribution is -2.02. The summed E-state index contributed by atoms with van der Waals surface area (Å²) in [6.45, 7) is 0. The van der Waals surface area contributed by atoms with E-state index < -0.39 is 0 Å². The number of carbonyl (C=O) groups is 1. The fraction of sp³-hybridized carbons (Fsp3) is 0.0870. The lowest BCUT2D eigenvalue weighted by atomic mass is 9.89. The van der Waals surface area contributed by atoms with E-state index in [9.17, 15) is 4.79 Å². The topological polar surface area (TPSA) is 26.3 Å². The highest BCUT2D eigenvalue weighted by Crippen LogP contribution is 2.43. The highest BCUT2D eigenvalue weighted by molar-refractivity contribution is 6.17. The minimum Gasteiger partial charge on any atom is -0.496 e. The Bertz CT molecular complexity index is 955. The van der Waals surface area contributed by atoms with E-state index in [-0.39, 0.29) is 11.7 Å². The van der Waals surface area contributed by atoms with E-state index >= 15 is 0 Å². The number of ether oxygens (including phenoxy) is 1. The van der Waals surface area contributed by atoms with Gasteiger partial charge in [-0.25, -0.2) is 0 Å². The summed E-state index contributed by atoms with van der Waals surface area (Å²) in [7, 11) is 1.65. The molecule has 0 fully saturated rings. The van der Waals surface area contributed by atoms with Crippen molar-refractivity contribution in [1.82, 2.24) is 0 Å². The summed E-state index contributed by atoms with van der Waals surface area (Å²) in [6, 6.07) is 25.8. The van der Waals surface area contributed by atoms with Crippen molar-refractivity contribution >= 4 is 11.9 Å². The zero-order valence-electron chi connectivity index (χ0n) is 14.0. The molecule has 1 atom stereocenters. The first kappa shape index (κ1) is 15.4. The van der Waals surface area contributed by atoms with Crippen LogP contribution in [0.2, 0.25) is 0 Å². The maximum atomic E-state index is 13.1. The van der Waals surface area contributed by atoms with Crippen LogP contribution in [0.15, 0.2) is 84.4 Å². The van der Waals surface area contributed by atoms with Crippen LogP contribution in [0.5, 0.6) is 5.75 Å². The van der Waals surface area contributed by atoms with Gasteiger partial charge in [-0.1, -0.05) is 72.8 Å². The summed E-state index contributed by atoms with van der Waals surface area (Å²) < 4.78 is 5.45. The van der Waals surface area contributed by atoms with E-state index in [0.717, 1.165) is 33.6 Å². The first-order valence-corrected chi connectivity index (χ1v) is 8.33. The highest BCUT2D eigenvalue weighted by atomic mass is 16.5. The van der Waals surface area contributed by atoms with Crippen molar-refractivity contribution in [3.8, 4) is 5.75 Å². The predicted octanol–water partition coefficient (Wildman–Crippen LogP) is 5.11. The summed E-state index contributed by atoms with van der Waals surface area (Å²) in [6.07, 6.45) is 1.97. The first-order valence-electron chi connectivity index (χ1n) is 8.33. The van der Waals surface area contributed by atoms with Crippen molar-refractivity contribution in [1.29, 1.82) is 0 Å². The van der Waals surface area contributed by atoms with Gasteiger partial charge in [0.05, 0.1) is 7.11 Å². The van der Waals surface area contributed by atoms with E-state index in [0.29, 0.717) is 0 Å². The van der Waals surface area contributed by atoms with Gasteiger partial charge in [-0.05, 0) is 23.3 Å². The van der Waals surface area contributed by atoms with Crippen molar-refractivity contribution < 1.29 is 9.53 Å². The van der Waals surface area contributed by atoms with Crippen LogP contribution in [-0.2, 0) is 0 Å². The molecule has 1 aliphatic rings. The molecule has 2 heteroatoms. The molecule has 0 saturated carbocycles. The zero-order valence-corrected chi connectivity index (χ0v) is 14.0. The van der Waals surface area contributed by atoms with Crippen LogP contribution in [-0.4, -0.2) is 12.9 Å². The number of ketones is 1. The average Bonchev–Trinajstić information content (AvgIpc) is 2.95. The van der Waals surface area contributed by atoms with Gasteiger partial charge in [-0.3, -0.25) is 4.79 Å². The SMILES string of the molecule is COc1ccccc1/C=C1/C(=O)c2ccccc2[C@@H]1c1ccccc1. The summed E-state index contributed by atoms with van der Waals surface area (Å²) in [5.41, 5.74) is 4.69. The molecule has 122 valence electrons. The fourth-order valence-electron chi connectivity index (χ4n) is 3.52. The quantitative estimate of drug-likeness (QED) is 0.625. The molecule has 2 nitrogen and oxygen atoms in total. The molecular weight excluding hydrogens is 308 g/mol. The van der Waals surface area contributed by atoms with E-state index in [1.54, 1.807) is 7.11 Å². The second-order valence-electron chi connectivity index (χ2n) is 6.10. The Labute approximate surface area is 147 Å². The fourth-order valence-corrected chi connectivity index (χ4v) is 3.52. The first-order chi connectivity index (χ1) is 12.3.